The van der Waals surface area contributed by atoms with Crippen LogP contribution in [0.4, 0.5) is 0 Å². The van der Waals surface area contributed by atoms with Gasteiger partial charge in [0.2, 0.25) is 5.91 Å². The van der Waals surface area contributed by atoms with E-state index >= 15 is 0 Å². The molecule has 2 amide bonds. The molecule has 2 heterocycles. The number of benzene rings is 2. The molecule has 6 nitrogen and oxygen atoms in total. The van der Waals surface area contributed by atoms with E-state index in [9.17, 15) is 9.59 Å². The monoisotopic (exact) mass is 405 g/mol. The maximum atomic E-state index is 13.3. The van der Waals surface area contributed by atoms with Gasteiger partial charge in [-0.1, -0.05) is 50.2 Å². The van der Waals surface area contributed by atoms with Gasteiger partial charge in [-0.25, -0.2) is 0 Å². The van der Waals surface area contributed by atoms with Gasteiger partial charge in [-0.2, -0.15) is 0 Å². The summed E-state index contributed by atoms with van der Waals surface area (Å²) in [7, 11) is 0. The number of hydrogen-bond acceptors (Lipinski definition) is 3. The number of aromatic nitrogens is 1. The molecule has 2 N–H and O–H groups in total. The summed E-state index contributed by atoms with van der Waals surface area (Å²) in [5, 5.41) is 4.03. The van der Waals surface area contributed by atoms with Crippen LogP contribution < -0.4 is 10.1 Å². The van der Waals surface area contributed by atoms with E-state index in [0.29, 0.717) is 18.8 Å². The molecule has 30 heavy (non-hydrogen) atoms. The minimum absolute atomic E-state index is 0.0254. The molecule has 0 saturated carbocycles. The lowest BCUT2D eigenvalue weighted by molar-refractivity contribution is -0.138. The molecule has 0 unspecified atom stereocenters. The van der Waals surface area contributed by atoms with Gasteiger partial charge in [0.25, 0.3) is 5.91 Å². The van der Waals surface area contributed by atoms with Gasteiger partial charge in [0.15, 0.2) is 6.61 Å². The maximum Gasteiger partial charge on any atom is 0.258 e. The van der Waals surface area contributed by atoms with Gasteiger partial charge < -0.3 is 19.9 Å². The number of aromatic amines is 1. The van der Waals surface area contributed by atoms with Crippen molar-refractivity contribution in [1.82, 2.24) is 15.2 Å². The fourth-order valence-electron chi connectivity index (χ4n) is 3.95. The van der Waals surface area contributed by atoms with Crippen molar-refractivity contribution in [2.24, 2.45) is 5.92 Å². The van der Waals surface area contributed by atoms with E-state index in [-0.39, 0.29) is 24.3 Å². The normalized spacial score (nSPS) is 14.4. The van der Waals surface area contributed by atoms with Crippen molar-refractivity contribution in [3.63, 3.8) is 0 Å². The van der Waals surface area contributed by atoms with Gasteiger partial charge in [-0.15, -0.1) is 0 Å². The third-order valence-electron chi connectivity index (χ3n) is 5.56. The molecule has 156 valence electrons. The molecule has 1 atom stereocenters. The van der Waals surface area contributed by atoms with Crippen LogP contribution in [0.25, 0.3) is 10.9 Å². The molecule has 4 rings (SSSR count). The van der Waals surface area contributed by atoms with E-state index in [1.807, 2.05) is 49.1 Å². The van der Waals surface area contributed by atoms with Gasteiger partial charge in [0, 0.05) is 41.7 Å². The Bertz CT molecular complexity index is 1040. The van der Waals surface area contributed by atoms with Crippen LogP contribution in [-0.4, -0.2) is 40.9 Å². The molecule has 0 radical (unpaired) electrons. The highest BCUT2D eigenvalue weighted by Gasteiger charge is 2.31. The number of carbonyl (C=O) groups excluding carboxylic acids is 2. The zero-order chi connectivity index (χ0) is 21.1. The first kappa shape index (κ1) is 20.0. The Morgan fingerprint density at radius 3 is 2.60 bits per heavy atom. The minimum Gasteiger partial charge on any atom is -0.484 e. The third kappa shape index (κ3) is 4.17. The van der Waals surface area contributed by atoms with Crippen molar-refractivity contribution < 1.29 is 14.3 Å². The predicted octanol–water partition coefficient (Wildman–Crippen LogP) is 3.27. The number of hydrogen-bond donors (Lipinski definition) is 2. The number of nitrogens with one attached hydrogen (secondary N) is 2. The lowest BCUT2D eigenvalue weighted by Crippen LogP contribution is -2.53. The molecule has 3 aromatic rings. The van der Waals surface area contributed by atoms with Gasteiger partial charge in [-0.3, -0.25) is 9.59 Å². The number of ether oxygens (including phenoxy) is 1. The van der Waals surface area contributed by atoms with Crippen molar-refractivity contribution >= 4 is 22.7 Å². The van der Waals surface area contributed by atoms with Gasteiger partial charge in [0.05, 0.1) is 0 Å². The van der Waals surface area contributed by atoms with E-state index in [1.54, 1.807) is 12.1 Å². The van der Waals surface area contributed by atoms with Crippen molar-refractivity contribution in [2.45, 2.75) is 32.9 Å². The largest absolute Gasteiger partial charge is 0.484 e. The molecule has 2 aromatic carbocycles. The number of rotatable bonds is 6. The summed E-state index contributed by atoms with van der Waals surface area (Å²) < 4.78 is 5.52. The lowest BCUT2D eigenvalue weighted by atomic mass is 9.99. The number of para-hydroxylation sites is 2. The summed E-state index contributed by atoms with van der Waals surface area (Å²) in [4.78, 5) is 31.0. The summed E-state index contributed by atoms with van der Waals surface area (Å²) in [6.45, 7) is 4.97. The highest BCUT2D eigenvalue weighted by atomic mass is 16.5. The summed E-state index contributed by atoms with van der Waals surface area (Å²) in [5.41, 5.74) is 3.47. The smallest absolute Gasteiger partial charge is 0.258 e. The second kappa shape index (κ2) is 8.61. The van der Waals surface area contributed by atoms with Gasteiger partial charge in [0.1, 0.15) is 11.8 Å². The fourth-order valence-corrected chi connectivity index (χ4v) is 3.95. The van der Waals surface area contributed by atoms with Crippen LogP contribution in [0.2, 0.25) is 0 Å². The first-order valence-electron chi connectivity index (χ1n) is 10.4. The van der Waals surface area contributed by atoms with E-state index in [1.165, 1.54) is 11.3 Å². The zero-order valence-corrected chi connectivity index (χ0v) is 17.4. The van der Waals surface area contributed by atoms with E-state index in [0.717, 1.165) is 17.3 Å². The van der Waals surface area contributed by atoms with Crippen LogP contribution in [0, 0.1) is 5.92 Å². The Morgan fingerprint density at radius 2 is 1.83 bits per heavy atom. The zero-order valence-electron chi connectivity index (χ0n) is 17.4. The molecule has 1 aromatic heterocycles. The number of nitrogens with zero attached hydrogens (tertiary/aromatic N) is 1. The Labute approximate surface area is 176 Å². The molecule has 0 saturated heterocycles. The van der Waals surface area contributed by atoms with Crippen LogP contribution in [0.3, 0.4) is 0 Å². The topological polar surface area (TPSA) is 74.4 Å². The van der Waals surface area contributed by atoms with Crippen molar-refractivity contribution in [2.75, 3.05) is 13.2 Å². The van der Waals surface area contributed by atoms with Crippen LogP contribution in [-0.2, 0) is 22.6 Å². The molecule has 0 fully saturated rings. The van der Waals surface area contributed by atoms with Crippen molar-refractivity contribution in [1.29, 1.82) is 0 Å². The Morgan fingerprint density at radius 1 is 1.10 bits per heavy atom. The first-order chi connectivity index (χ1) is 14.5. The molecule has 0 spiro atoms. The lowest BCUT2D eigenvalue weighted by Gasteiger charge is -2.32. The average Bonchev–Trinajstić information content (AvgIpc) is 3.14. The Balaban J connectivity index is 1.42. The molecular weight excluding hydrogens is 378 g/mol. The summed E-state index contributed by atoms with van der Waals surface area (Å²) >= 11 is 0. The number of fused-ring (bicyclic) bond motifs is 3. The number of amides is 2. The van der Waals surface area contributed by atoms with E-state index in [2.05, 4.69) is 22.4 Å². The Kier molecular flexibility index (Phi) is 5.74. The molecule has 1 aliphatic heterocycles. The van der Waals surface area contributed by atoms with Crippen molar-refractivity contribution in [3.8, 4) is 5.75 Å². The minimum atomic E-state index is -0.580. The average molecular weight is 405 g/mol. The van der Waals surface area contributed by atoms with Crippen molar-refractivity contribution in [3.05, 3.63) is 65.9 Å². The molecular formula is C24H27N3O3. The second-order valence-corrected chi connectivity index (χ2v) is 8.03. The van der Waals surface area contributed by atoms with E-state index in [4.69, 9.17) is 4.74 Å². The second-order valence-electron chi connectivity index (χ2n) is 8.03. The standard InChI is InChI=1S/C24H27N3O3/c1-16(2)23(26-22(28)15-30-17-8-4-3-5-9-17)24(29)27-13-12-21-19(14-27)18-10-6-7-11-20(18)25-21/h3-11,16,23,25H,12-15H2,1-2H3,(H,26,28)/t23-/m1/s1. The maximum absolute atomic E-state index is 13.3. The van der Waals surface area contributed by atoms with Crippen LogP contribution in [0.15, 0.2) is 54.6 Å². The highest BCUT2D eigenvalue weighted by molar-refractivity contribution is 5.90. The Hall–Kier alpha value is -3.28. The molecule has 0 bridgehead atoms. The van der Waals surface area contributed by atoms with Gasteiger partial charge in [-0.05, 0) is 24.1 Å². The van der Waals surface area contributed by atoms with Crippen LogP contribution in [0.1, 0.15) is 25.1 Å². The number of H-pyrrole nitrogens is 1. The quantitative estimate of drug-likeness (QED) is 0.661. The summed E-state index contributed by atoms with van der Waals surface area (Å²) in [6.07, 6.45) is 0.783. The van der Waals surface area contributed by atoms with Crippen LogP contribution in [0.5, 0.6) is 5.75 Å². The third-order valence-corrected chi connectivity index (χ3v) is 5.56. The van der Waals surface area contributed by atoms with Crippen LogP contribution >= 0.6 is 0 Å². The highest BCUT2D eigenvalue weighted by Crippen LogP contribution is 2.28. The fraction of sp³-hybridized carbons (Fsp3) is 0.333. The summed E-state index contributed by atoms with van der Waals surface area (Å²) in [6, 6.07) is 16.8. The van der Waals surface area contributed by atoms with Gasteiger partial charge >= 0.3 is 0 Å². The van der Waals surface area contributed by atoms with E-state index < -0.39 is 6.04 Å². The summed E-state index contributed by atoms with van der Waals surface area (Å²) in [5.74, 6) is 0.259. The molecule has 0 aliphatic carbocycles. The first-order valence-corrected chi connectivity index (χ1v) is 10.4. The predicted molar refractivity (Wildman–Crippen MR) is 116 cm³/mol. The SMILES string of the molecule is CC(C)[C@@H](NC(=O)COc1ccccc1)C(=O)N1CCc2[nH]c3ccccc3c2C1. The number of carbonyl (C=O) groups is 2. The molecule has 6 heteroatoms. The molecule has 1 aliphatic rings.